The molecule has 1 aliphatic rings. The first-order valence-electron chi connectivity index (χ1n) is 12.6. The second-order valence-corrected chi connectivity index (χ2v) is 9.67. The molecule has 1 aromatic heterocycles. The number of alkyl halides is 3. The molecule has 1 amide bonds. The van der Waals surface area contributed by atoms with E-state index in [4.69, 9.17) is 25.8 Å². The zero-order chi connectivity index (χ0) is 31.2. The fourth-order valence-corrected chi connectivity index (χ4v) is 4.84. The van der Waals surface area contributed by atoms with E-state index in [0.29, 0.717) is 29.7 Å². The van der Waals surface area contributed by atoms with Crippen LogP contribution in [0.2, 0.25) is 0 Å². The number of aliphatic carboxylic acids is 1. The normalized spacial score (nSPS) is 16.0. The molecule has 0 spiro atoms. The molecule has 1 aliphatic heterocycles. The van der Waals surface area contributed by atoms with Crippen molar-refractivity contribution in [3.63, 3.8) is 0 Å². The van der Waals surface area contributed by atoms with Gasteiger partial charge in [-0.1, -0.05) is 30.3 Å². The van der Waals surface area contributed by atoms with Crippen LogP contribution in [0, 0.1) is 5.41 Å². The number of carboxylic acid groups (broad SMARTS) is 1. The minimum Gasteiger partial charge on any atom is -0.475 e. The number of nitrogens with one attached hydrogen (secondary N) is 2. The van der Waals surface area contributed by atoms with Crippen molar-refractivity contribution < 1.29 is 37.4 Å². The Bertz CT molecular complexity index is 1520. The van der Waals surface area contributed by atoms with E-state index in [1.54, 1.807) is 54.4 Å². The van der Waals surface area contributed by atoms with Gasteiger partial charge in [-0.15, -0.1) is 0 Å². The fourth-order valence-electron chi connectivity index (χ4n) is 4.84. The number of nitrogens with two attached hydrogens (primary N) is 1. The third-order valence-corrected chi connectivity index (χ3v) is 7.05. The summed E-state index contributed by atoms with van der Waals surface area (Å²) in [4.78, 5) is 51.4. The Hall–Kier alpha value is -4.94. The molecule has 5 N–H and O–H groups in total. The summed E-state index contributed by atoms with van der Waals surface area (Å²) < 4.78 is 36.9. The number of carboxylic acids is 1. The van der Waals surface area contributed by atoms with Gasteiger partial charge in [0.15, 0.2) is 0 Å². The molecule has 42 heavy (non-hydrogen) atoms. The Morgan fingerprint density at radius 1 is 1.05 bits per heavy atom. The summed E-state index contributed by atoms with van der Waals surface area (Å²) >= 11 is 0. The summed E-state index contributed by atoms with van der Waals surface area (Å²) in [6.45, 7) is 2.30. The van der Waals surface area contributed by atoms with Gasteiger partial charge in [-0.3, -0.25) is 19.8 Å². The number of halogens is 3. The number of hydrogen-bond donors (Lipinski definition) is 4. The van der Waals surface area contributed by atoms with Gasteiger partial charge in [-0.2, -0.15) is 13.2 Å². The number of rotatable bonds is 6. The number of benzene rings is 2. The van der Waals surface area contributed by atoms with Gasteiger partial charge in [0.05, 0.1) is 13.2 Å². The lowest BCUT2D eigenvalue weighted by Crippen LogP contribution is -2.53. The molecular weight excluding hydrogens is 557 g/mol. The van der Waals surface area contributed by atoms with E-state index < -0.39 is 29.6 Å². The summed E-state index contributed by atoms with van der Waals surface area (Å²) in [6, 6.07) is 16.9. The molecule has 0 unspecified atom stereocenters. The quantitative estimate of drug-likeness (QED) is 0.194. The van der Waals surface area contributed by atoms with Crippen LogP contribution in [0.3, 0.4) is 0 Å². The van der Waals surface area contributed by atoms with Crippen LogP contribution in [0.4, 0.5) is 13.2 Å². The molecule has 0 radical (unpaired) electrons. The average Bonchev–Trinajstić information content (AvgIpc) is 3.47. The molecule has 0 aliphatic carbocycles. The molecule has 1 saturated heterocycles. The Kier molecular flexibility index (Phi) is 9.56. The smallest absolute Gasteiger partial charge is 0.475 e. The molecule has 0 bridgehead atoms. The van der Waals surface area contributed by atoms with Crippen molar-refractivity contribution in [2.45, 2.75) is 37.4 Å². The van der Waals surface area contributed by atoms with E-state index in [0.717, 1.165) is 17.5 Å². The van der Waals surface area contributed by atoms with Crippen molar-refractivity contribution in [1.82, 2.24) is 9.88 Å². The number of aromatic nitrogens is 1. The summed E-state index contributed by atoms with van der Waals surface area (Å²) in [5, 5.41) is 14.9. The topological polar surface area (TPSA) is 167 Å². The predicted molar refractivity (Wildman–Crippen MR) is 147 cm³/mol. The molecule has 3 aromatic rings. The van der Waals surface area contributed by atoms with E-state index >= 15 is 0 Å². The molecule has 2 heterocycles. The van der Waals surface area contributed by atoms with Crippen molar-refractivity contribution in [1.29, 1.82) is 5.41 Å². The molecule has 13 heteroatoms. The van der Waals surface area contributed by atoms with Crippen LogP contribution >= 0.6 is 0 Å². The number of likely N-dealkylation sites (tertiary alicyclic amines) is 1. The van der Waals surface area contributed by atoms with E-state index in [-0.39, 0.29) is 17.3 Å². The van der Waals surface area contributed by atoms with Crippen LogP contribution in [-0.4, -0.2) is 64.5 Å². The largest absolute Gasteiger partial charge is 0.490 e. The predicted octanol–water partition coefficient (Wildman–Crippen LogP) is 3.69. The standard InChI is InChI=1S/C27H28N4O4.C2HF3O2/c1-27(26(34)35-2,21-6-3-5-19(15-21)24(28)29)22-7-4-14-31(22)25(33)18-10-8-17(9-11-18)20-12-13-23(32)30-16-20;3-2(4,5)1(6)7/h3,5-6,8-13,15-16,22H,4,7,14H2,1-2H3,(H3,28,29)(H,30,32);(H,6,7)/t22-,27-;/m1./s1. The summed E-state index contributed by atoms with van der Waals surface area (Å²) in [7, 11) is 1.34. The average molecular weight is 587 g/mol. The minimum atomic E-state index is -5.08. The van der Waals surface area contributed by atoms with Gasteiger partial charge in [-0.05, 0) is 60.7 Å². The number of nitrogen functional groups attached to an aromatic ring is 1. The van der Waals surface area contributed by atoms with Gasteiger partial charge in [0.1, 0.15) is 11.3 Å². The van der Waals surface area contributed by atoms with E-state index in [2.05, 4.69) is 4.98 Å². The highest BCUT2D eigenvalue weighted by molar-refractivity contribution is 5.97. The monoisotopic (exact) mass is 586 g/mol. The highest BCUT2D eigenvalue weighted by Crippen LogP contribution is 2.39. The number of amides is 1. The van der Waals surface area contributed by atoms with Gasteiger partial charge in [0.25, 0.3) is 5.91 Å². The van der Waals surface area contributed by atoms with E-state index in [1.807, 2.05) is 18.2 Å². The number of carbonyl (C=O) groups excluding carboxylic acids is 2. The number of H-pyrrole nitrogens is 1. The van der Waals surface area contributed by atoms with E-state index in [1.165, 1.54) is 13.2 Å². The molecule has 4 rings (SSSR count). The number of carbonyl (C=O) groups is 3. The van der Waals surface area contributed by atoms with Crippen molar-refractivity contribution >= 4 is 23.7 Å². The number of ether oxygens (including phenoxy) is 1. The maximum atomic E-state index is 13.6. The highest BCUT2D eigenvalue weighted by atomic mass is 19.4. The Labute approximate surface area is 238 Å². The first-order chi connectivity index (χ1) is 19.7. The lowest BCUT2D eigenvalue weighted by atomic mass is 9.74. The molecule has 2 aromatic carbocycles. The molecule has 2 atom stereocenters. The van der Waals surface area contributed by atoms with Crippen molar-refractivity contribution in [3.05, 3.63) is 93.9 Å². The Morgan fingerprint density at radius 2 is 1.67 bits per heavy atom. The number of nitrogens with zero attached hydrogens (tertiary/aromatic N) is 1. The van der Waals surface area contributed by atoms with E-state index in [9.17, 15) is 27.6 Å². The van der Waals surface area contributed by atoms with Crippen LogP contribution in [0.25, 0.3) is 11.1 Å². The fraction of sp³-hybridized carbons (Fsp3) is 0.276. The number of pyridine rings is 1. The van der Waals surface area contributed by atoms with Gasteiger partial charge in [0.2, 0.25) is 5.56 Å². The van der Waals surface area contributed by atoms with Gasteiger partial charge in [-0.25, -0.2) is 4.79 Å². The van der Waals surface area contributed by atoms with Crippen LogP contribution in [0.15, 0.2) is 71.7 Å². The third kappa shape index (κ3) is 6.85. The third-order valence-electron chi connectivity index (χ3n) is 7.05. The molecule has 10 nitrogen and oxygen atoms in total. The second kappa shape index (κ2) is 12.7. The minimum absolute atomic E-state index is 0.0963. The zero-order valence-corrected chi connectivity index (χ0v) is 22.7. The molecule has 1 fully saturated rings. The molecular formula is C29H29F3N4O6. The first-order valence-corrected chi connectivity index (χ1v) is 12.6. The van der Waals surface area contributed by atoms with Crippen LogP contribution in [-0.2, 0) is 19.7 Å². The maximum Gasteiger partial charge on any atom is 0.490 e. The maximum absolute atomic E-state index is 13.6. The van der Waals surface area contributed by atoms with Crippen LogP contribution < -0.4 is 11.3 Å². The second-order valence-electron chi connectivity index (χ2n) is 9.67. The van der Waals surface area contributed by atoms with Gasteiger partial charge >= 0.3 is 18.1 Å². The van der Waals surface area contributed by atoms with Crippen molar-refractivity contribution in [2.24, 2.45) is 5.73 Å². The van der Waals surface area contributed by atoms with Crippen molar-refractivity contribution in [2.75, 3.05) is 13.7 Å². The van der Waals surface area contributed by atoms with Crippen molar-refractivity contribution in [3.8, 4) is 11.1 Å². The lowest BCUT2D eigenvalue weighted by Gasteiger charge is -2.39. The Morgan fingerprint density at radius 3 is 2.19 bits per heavy atom. The van der Waals surface area contributed by atoms with Crippen LogP contribution in [0.1, 0.15) is 41.3 Å². The molecule has 222 valence electrons. The summed E-state index contributed by atoms with van der Waals surface area (Å²) in [5.74, 6) is -3.47. The van der Waals surface area contributed by atoms with Gasteiger partial charge < -0.3 is 25.5 Å². The van der Waals surface area contributed by atoms with Crippen LogP contribution in [0.5, 0.6) is 0 Å². The summed E-state index contributed by atoms with van der Waals surface area (Å²) in [6.07, 6.45) is -2.06. The summed E-state index contributed by atoms with van der Waals surface area (Å²) in [5.41, 5.74) is 7.75. The first kappa shape index (κ1) is 31.6. The number of methoxy groups -OCH3 is 1. The Balaban J connectivity index is 0.000000616. The SMILES string of the molecule is COC(=O)[C@](C)(c1cccc(C(=N)N)c1)[C@H]1CCCN1C(=O)c1ccc(-c2ccc(=O)[nH]c2)cc1.O=C(O)C(F)(F)F. The molecule has 0 saturated carbocycles. The number of hydrogen-bond acceptors (Lipinski definition) is 6. The number of aromatic amines is 1. The lowest BCUT2D eigenvalue weighted by molar-refractivity contribution is -0.192. The highest BCUT2D eigenvalue weighted by Gasteiger charge is 2.50. The number of amidine groups is 1. The van der Waals surface area contributed by atoms with Gasteiger partial charge in [0, 0.05) is 29.9 Å². The zero-order valence-electron chi connectivity index (χ0n) is 22.7. The number of esters is 1.